The maximum absolute atomic E-state index is 12.8. The average Bonchev–Trinajstić information content (AvgIpc) is 2.68. The van der Waals surface area contributed by atoms with Gasteiger partial charge in [0.05, 0.1) is 7.11 Å². The van der Waals surface area contributed by atoms with Crippen molar-refractivity contribution >= 4 is 23.1 Å². The van der Waals surface area contributed by atoms with Crippen molar-refractivity contribution in [3.05, 3.63) is 71.7 Å². The van der Waals surface area contributed by atoms with Gasteiger partial charge < -0.3 is 15.4 Å². The lowest BCUT2D eigenvalue weighted by Crippen LogP contribution is -2.16. The molecule has 2 aromatic carbocycles. The topological polar surface area (TPSA) is 76.1 Å². The number of hydrogen-bond acceptors (Lipinski definition) is 5. The minimum atomic E-state index is -0.267. The Balaban J connectivity index is 1.81. The standard InChI is InChI=1S/C22H24N4O2/c1-14(2)18-7-5-6-8-19(18)26-22(27)20-13-21(24-15(3)23-20)25-16-9-11-17(28-4)12-10-16/h5-14H,1-4H3,(H,26,27)(H,23,24,25). The van der Waals surface area contributed by atoms with Crippen LogP contribution >= 0.6 is 0 Å². The molecule has 0 aliphatic heterocycles. The predicted molar refractivity (Wildman–Crippen MR) is 112 cm³/mol. The number of carbonyl (C=O) groups is 1. The second-order valence-electron chi connectivity index (χ2n) is 6.74. The molecule has 144 valence electrons. The van der Waals surface area contributed by atoms with E-state index >= 15 is 0 Å². The van der Waals surface area contributed by atoms with Crippen molar-refractivity contribution in [2.45, 2.75) is 26.7 Å². The summed E-state index contributed by atoms with van der Waals surface area (Å²) < 4.78 is 5.17. The van der Waals surface area contributed by atoms with Crippen molar-refractivity contribution in [3.8, 4) is 5.75 Å². The van der Waals surface area contributed by atoms with Gasteiger partial charge in [-0.1, -0.05) is 32.0 Å². The van der Waals surface area contributed by atoms with Crippen LogP contribution in [0.1, 0.15) is 41.6 Å². The fraction of sp³-hybridized carbons (Fsp3) is 0.227. The SMILES string of the molecule is COc1ccc(Nc2cc(C(=O)Nc3ccccc3C(C)C)nc(C)n2)cc1. The highest BCUT2D eigenvalue weighted by Gasteiger charge is 2.14. The van der Waals surface area contributed by atoms with Gasteiger partial charge in [-0.2, -0.15) is 0 Å². The maximum Gasteiger partial charge on any atom is 0.274 e. The van der Waals surface area contributed by atoms with Gasteiger partial charge in [0.2, 0.25) is 0 Å². The normalized spacial score (nSPS) is 10.6. The fourth-order valence-electron chi connectivity index (χ4n) is 2.87. The zero-order valence-corrected chi connectivity index (χ0v) is 16.5. The molecule has 6 heteroatoms. The van der Waals surface area contributed by atoms with E-state index in [4.69, 9.17) is 4.74 Å². The molecule has 2 N–H and O–H groups in total. The third kappa shape index (κ3) is 4.65. The average molecular weight is 376 g/mol. The van der Waals surface area contributed by atoms with E-state index in [1.807, 2.05) is 48.5 Å². The number of anilines is 3. The summed E-state index contributed by atoms with van der Waals surface area (Å²) in [4.78, 5) is 21.4. The number of methoxy groups -OCH3 is 1. The van der Waals surface area contributed by atoms with E-state index in [0.717, 1.165) is 22.7 Å². The summed E-state index contributed by atoms with van der Waals surface area (Å²) >= 11 is 0. The molecular weight excluding hydrogens is 352 g/mol. The fourth-order valence-corrected chi connectivity index (χ4v) is 2.87. The summed E-state index contributed by atoms with van der Waals surface area (Å²) in [6.45, 7) is 5.95. The molecule has 3 aromatic rings. The van der Waals surface area contributed by atoms with E-state index < -0.39 is 0 Å². The van der Waals surface area contributed by atoms with Crippen LogP contribution in [0.2, 0.25) is 0 Å². The molecule has 0 unspecified atom stereocenters. The van der Waals surface area contributed by atoms with Gasteiger partial charge in [0.25, 0.3) is 5.91 Å². The van der Waals surface area contributed by atoms with E-state index in [1.165, 1.54) is 0 Å². The molecule has 0 aliphatic carbocycles. The molecule has 0 bridgehead atoms. The summed E-state index contributed by atoms with van der Waals surface area (Å²) in [6, 6.07) is 16.9. The van der Waals surface area contributed by atoms with Gasteiger partial charge in [0.1, 0.15) is 23.1 Å². The third-order valence-electron chi connectivity index (χ3n) is 4.26. The Morgan fingerprint density at radius 2 is 1.75 bits per heavy atom. The van der Waals surface area contributed by atoms with E-state index in [0.29, 0.717) is 23.3 Å². The van der Waals surface area contributed by atoms with Gasteiger partial charge in [0, 0.05) is 17.4 Å². The molecule has 0 fully saturated rings. The molecule has 0 saturated carbocycles. The first-order valence-corrected chi connectivity index (χ1v) is 9.13. The molecule has 1 heterocycles. The van der Waals surface area contributed by atoms with Crippen molar-refractivity contribution in [1.82, 2.24) is 9.97 Å². The summed E-state index contributed by atoms with van der Waals surface area (Å²) in [5.74, 6) is 1.88. The first-order chi connectivity index (χ1) is 13.5. The number of nitrogens with one attached hydrogen (secondary N) is 2. The van der Waals surface area contributed by atoms with Gasteiger partial charge in [-0.15, -0.1) is 0 Å². The number of hydrogen-bond donors (Lipinski definition) is 2. The Morgan fingerprint density at radius 3 is 2.43 bits per heavy atom. The van der Waals surface area contributed by atoms with Crippen molar-refractivity contribution in [2.24, 2.45) is 0 Å². The molecule has 0 saturated heterocycles. The number of ether oxygens (including phenoxy) is 1. The van der Waals surface area contributed by atoms with Crippen LogP contribution in [0.25, 0.3) is 0 Å². The van der Waals surface area contributed by atoms with E-state index in [9.17, 15) is 4.79 Å². The van der Waals surface area contributed by atoms with Crippen LogP contribution in [0.4, 0.5) is 17.2 Å². The van der Waals surface area contributed by atoms with E-state index in [1.54, 1.807) is 20.1 Å². The maximum atomic E-state index is 12.8. The smallest absolute Gasteiger partial charge is 0.274 e. The predicted octanol–water partition coefficient (Wildman–Crippen LogP) is 4.91. The zero-order chi connectivity index (χ0) is 20.1. The molecule has 1 aromatic heterocycles. The zero-order valence-electron chi connectivity index (χ0n) is 16.5. The Morgan fingerprint density at radius 1 is 1.04 bits per heavy atom. The number of rotatable bonds is 6. The van der Waals surface area contributed by atoms with E-state index in [-0.39, 0.29) is 5.91 Å². The number of benzene rings is 2. The van der Waals surface area contributed by atoms with E-state index in [2.05, 4.69) is 34.4 Å². The summed E-state index contributed by atoms with van der Waals surface area (Å²) in [7, 11) is 1.62. The molecular formula is C22H24N4O2. The largest absolute Gasteiger partial charge is 0.497 e. The van der Waals surface area contributed by atoms with Crippen LogP contribution in [0.5, 0.6) is 5.75 Å². The highest BCUT2D eigenvalue weighted by Crippen LogP contribution is 2.24. The van der Waals surface area contributed by atoms with Crippen LogP contribution in [-0.4, -0.2) is 23.0 Å². The van der Waals surface area contributed by atoms with Crippen molar-refractivity contribution in [1.29, 1.82) is 0 Å². The van der Waals surface area contributed by atoms with Gasteiger partial charge in [-0.3, -0.25) is 4.79 Å². The summed E-state index contributed by atoms with van der Waals surface area (Å²) in [5.41, 5.74) is 3.03. The Kier molecular flexibility index (Phi) is 5.89. The van der Waals surface area contributed by atoms with Crippen molar-refractivity contribution < 1.29 is 9.53 Å². The number of para-hydroxylation sites is 1. The lowest BCUT2D eigenvalue weighted by molar-refractivity contribution is 0.102. The molecule has 6 nitrogen and oxygen atoms in total. The molecule has 1 amide bonds. The second kappa shape index (κ2) is 8.52. The van der Waals surface area contributed by atoms with Gasteiger partial charge >= 0.3 is 0 Å². The lowest BCUT2D eigenvalue weighted by atomic mass is 10.0. The molecule has 0 atom stereocenters. The number of nitrogens with zero attached hydrogens (tertiary/aromatic N) is 2. The minimum Gasteiger partial charge on any atom is -0.497 e. The number of carbonyl (C=O) groups excluding carboxylic acids is 1. The van der Waals surface area contributed by atoms with Crippen LogP contribution in [-0.2, 0) is 0 Å². The van der Waals surface area contributed by atoms with Crippen LogP contribution in [0, 0.1) is 6.92 Å². The molecule has 0 spiro atoms. The minimum absolute atomic E-state index is 0.267. The van der Waals surface area contributed by atoms with Gasteiger partial charge in [-0.05, 0) is 48.7 Å². The first-order valence-electron chi connectivity index (χ1n) is 9.13. The summed E-state index contributed by atoms with van der Waals surface area (Å²) in [5, 5.41) is 6.17. The highest BCUT2D eigenvalue weighted by atomic mass is 16.5. The van der Waals surface area contributed by atoms with Crippen LogP contribution in [0.3, 0.4) is 0 Å². The van der Waals surface area contributed by atoms with Crippen molar-refractivity contribution in [3.63, 3.8) is 0 Å². The molecule has 28 heavy (non-hydrogen) atoms. The monoisotopic (exact) mass is 376 g/mol. The van der Waals surface area contributed by atoms with Crippen molar-refractivity contribution in [2.75, 3.05) is 17.7 Å². The van der Waals surface area contributed by atoms with Crippen LogP contribution in [0.15, 0.2) is 54.6 Å². The van der Waals surface area contributed by atoms with Gasteiger partial charge in [0.15, 0.2) is 0 Å². The Labute approximate surface area is 165 Å². The molecule has 0 aliphatic rings. The quantitative estimate of drug-likeness (QED) is 0.639. The van der Waals surface area contributed by atoms with Gasteiger partial charge in [-0.25, -0.2) is 9.97 Å². The second-order valence-corrected chi connectivity index (χ2v) is 6.74. The molecule has 3 rings (SSSR count). The number of aryl methyl sites for hydroxylation is 1. The lowest BCUT2D eigenvalue weighted by Gasteiger charge is -2.14. The highest BCUT2D eigenvalue weighted by molar-refractivity contribution is 6.03. The van der Waals surface area contributed by atoms with Crippen LogP contribution < -0.4 is 15.4 Å². The third-order valence-corrected chi connectivity index (χ3v) is 4.26. The Bertz CT molecular complexity index is 969. The number of amides is 1. The Hall–Kier alpha value is -3.41. The summed E-state index contributed by atoms with van der Waals surface area (Å²) in [6.07, 6.45) is 0. The molecule has 0 radical (unpaired) electrons. The number of aromatic nitrogens is 2. The first kappa shape index (κ1) is 19.4.